The number of thioether (sulfide) groups is 1. The van der Waals surface area contributed by atoms with Gasteiger partial charge in [-0.2, -0.15) is 0 Å². The number of nitrogens with zero attached hydrogens (tertiary/aromatic N) is 5. The van der Waals surface area contributed by atoms with E-state index in [-0.39, 0.29) is 22.2 Å². The first kappa shape index (κ1) is 33.5. The number of methoxy groups -OCH3 is 1. The third kappa shape index (κ3) is 6.52. The first-order valence-electron chi connectivity index (χ1n) is 15.3. The number of carbonyl (C=O) groups is 2. The quantitative estimate of drug-likeness (QED) is 0.0483. The Bertz CT molecular complexity index is 2040. The number of rotatable bonds is 11. The first-order valence-corrected chi connectivity index (χ1v) is 17.5. The summed E-state index contributed by atoms with van der Waals surface area (Å²) >= 11 is 8.67. The van der Waals surface area contributed by atoms with Crippen LogP contribution in [0.1, 0.15) is 54.4 Å². The molecule has 1 aliphatic heterocycles. The van der Waals surface area contributed by atoms with Crippen molar-refractivity contribution in [1.29, 1.82) is 0 Å². The highest BCUT2D eigenvalue weighted by atomic mass is 35.5. The predicted octanol–water partition coefficient (Wildman–Crippen LogP) is 7.81. The summed E-state index contributed by atoms with van der Waals surface area (Å²) in [5, 5.41) is 21.4. The lowest BCUT2D eigenvalue weighted by Gasteiger charge is -2.23. The summed E-state index contributed by atoms with van der Waals surface area (Å²) in [5.74, 6) is -0.0354. The van der Waals surface area contributed by atoms with Gasteiger partial charge in [-0.15, -0.1) is 10.2 Å². The molecule has 2 aromatic carbocycles. The third-order valence-corrected chi connectivity index (χ3v) is 10.5. The zero-order valence-electron chi connectivity index (χ0n) is 27.1. The lowest BCUT2D eigenvalue weighted by Crippen LogP contribution is -2.29. The number of halogens is 1. The maximum absolute atomic E-state index is 13.9. The maximum atomic E-state index is 13.9. The molecule has 6 rings (SSSR count). The molecule has 0 saturated carbocycles. The highest BCUT2D eigenvalue weighted by Crippen LogP contribution is 2.46. The predicted molar refractivity (Wildman–Crippen MR) is 188 cm³/mol. The molecule has 1 fully saturated rings. The molecule has 1 amide bonds. The molecule has 3 aromatic heterocycles. The molecular formula is C35H34ClN5O5S2. The van der Waals surface area contributed by atoms with Gasteiger partial charge in [0.2, 0.25) is 5.13 Å². The van der Waals surface area contributed by atoms with Crippen LogP contribution >= 0.6 is 34.7 Å². The van der Waals surface area contributed by atoms with Gasteiger partial charge in [-0.3, -0.25) is 14.5 Å². The molecule has 4 heterocycles. The second-order valence-corrected chi connectivity index (χ2v) is 14.4. The zero-order valence-corrected chi connectivity index (χ0v) is 29.4. The molecule has 1 N–H and O–H groups in total. The van der Waals surface area contributed by atoms with Crippen LogP contribution in [0.3, 0.4) is 0 Å². The van der Waals surface area contributed by atoms with E-state index in [0.717, 1.165) is 17.5 Å². The third-order valence-electron chi connectivity index (χ3n) is 8.09. The Kier molecular flexibility index (Phi) is 9.77. The fourth-order valence-electron chi connectivity index (χ4n) is 5.48. The lowest BCUT2D eigenvalue weighted by molar-refractivity contribution is -0.132. The van der Waals surface area contributed by atoms with Gasteiger partial charge in [0.1, 0.15) is 11.3 Å². The normalized spacial score (nSPS) is 16.0. The van der Waals surface area contributed by atoms with Gasteiger partial charge in [0.05, 0.1) is 31.0 Å². The van der Waals surface area contributed by atoms with E-state index in [0.29, 0.717) is 56.0 Å². The van der Waals surface area contributed by atoms with E-state index >= 15 is 0 Å². The average molecular weight is 704 g/mol. The number of Topliss-reactive ketones (excluding diaryl/α,β-unsaturated/α-hetero) is 1. The van der Waals surface area contributed by atoms with E-state index in [2.05, 4.69) is 24.0 Å². The van der Waals surface area contributed by atoms with Crippen molar-refractivity contribution in [2.24, 2.45) is 5.92 Å². The van der Waals surface area contributed by atoms with Crippen LogP contribution in [0, 0.1) is 19.8 Å². The minimum absolute atomic E-state index is 0.106. The highest BCUT2D eigenvalue weighted by molar-refractivity contribution is 8.00. The number of aliphatic hydroxyl groups excluding tert-OH is 1. The van der Waals surface area contributed by atoms with E-state index < -0.39 is 17.7 Å². The number of aromatic nitrogens is 4. The van der Waals surface area contributed by atoms with Crippen LogP contribution in [-0.4, -0.2) is 50.1 Å². The van der Waals surface area contributed by atoms with Crippen LogP contribution in [0.25, 0.3) is 11.4 Å². The molecular weight excluding hydrogens is 670 g/mol. The summed E-state index contributed by atoms with van der Waals surface area (Å²) in [7, 11) is 1.53. The van der Waals surface area contributed by atoms with Gasteiger partial charge in [0.25, 0.3) is 5.78 Å². The van der Waals surface area contributed by atoms with E-state index in [1.54, 1.807) is 25.1 Å². The molecule has 0 bridgehead atoms. The van der Waals surface area contributed by atoms with Crippen LogP contribution in [0.5, 0.6) is 11.5 Å². The number of hydrogen-bond donors (Lipinski definition) is 1. The lowest BCUT2D eigenvalue weighted by atomic mass is 9.96. The Morgan fingerprint density at radius 1 is 1.08 bits per heavy atom. The van der Waals surface area contributed by atoms with Crippen molar-refractivity contribution < 1.29 is 24.2 Å². The summed E-state index contributed by atoms with van der Waals surface area (Å²) in [6, 6.07) is 15.5. The van der Waals surface area contributed by atoms with Gasteiger partial charge in [0.15, 0.2) is 21.6 Å². The number of ketones is 1. The Morgan fingerprint density at radius 2 is 1.85 bits per heavy atom. The summed E-state index contributed by atoms with van der Waals surface area (Å²) in [6.45, 7) is 8.46. The SMILES string of the molecule is COc1cc(C2C(=C(O)c3nc4c(C)cccn4c3C)C(=O)C(=O)N2c2nnc(SCc3ccc(Cl)cc3)s2)ccc1OCCC(C)C. The number of imidazole rings is 1. The van der Waals surface area contributed by atoms with Crippen LogP contribution < -0.4 is 14.4 Å². The van der Waals surface area contributed by atoms with Crippen molar-refractivity contribution >= 4 is 62.9 Å². The van der Waals surface area contributed by atoms with Crippen molar-refractivity contribution in [3.8, 4) is 11.5 Å². The standard InChI is InChI=1S/C35H34ClN5O5S2/c1-19(2)14-16-46-25-13-10-23(17-26(25)45-5)29-27(30(42)28-21(4)40-15-6-7-20(3)32(40)37-28)31(43)33(44)41(29)34-38-39-35(48-34)47-18-22-8-11-24(36)12-9-22/h6-13,15,17,19,29,42H,14,16,18H2,1-5H3. The van der Waals surface area contributed by atoms with Crippen LogP contribution in [0.2, 0.25) is 5.02 Å². The molecule has 1 atom stereocenters. The summed E-state index contributed by atoms with van der Waals surface area (Å²) in [6.07, 6.45) is 2.70. The van der Waals surface area contributed by atoms with Gasteiger partial charge in [-0.05, 0) is 73.2 Å². The smallest absolute Gasteiger partial charge is 0.301 e. The van der Waals surface area contributed by atoms with Crippen molar-refractivity contribution in [3.05, 3.63) is 99.5 Å². The van der Waals surface area contributed by atoms with Gasteiger partial charge in [0, 0.05) is 17.0 Å². The average Bonchev–Trinajstić information content (AvgIpc) is 3.75. The first-order chi connectivity index (χ1) is 23.1. The monoisotopic (exact) mass is 703 g/mol. The molecule has 0 spiro atoms. The number of amides is 1. The number of pyridine rings is 1. The summed E-state index contributed by atoms with van der Waals surface area (Å²) < 4.78 is 14.2. The Morgan fingerprint density at radius 3 is 2.56 bits per heavy atom. The minimum atomic E-state index is -1.05. The molecule has 248 valence electrons. The summed E-state index contributed by atoms with van der Waals surface area (Å²) in [4.78, 5) is 33.7. The molecule has 48 heavy (non-hydrogen) atoms. The topological polar surface area (TPSA) is 119 Å². The van der Waals surface area contributed by atoms with E-state index in [9.17, 15) is 14.7 Å². The Hall–Kier alpha value is -4.39. The Balaban J connectivity index is 1.43. The van der Waals surface area contributed by atoms with Crippen LogP contribution in [-0.2, 0) is 15.3 Å². The van der Waals surface area contributed by atoms with Crippen molar-refractivity contribution in [2.45, 2.75) is 50.3 Å². The fraction of sp³-hybridized carbons (Fsp3) is 0.286. The molecule has 0 radical (unpaired) electrons. The zero-order chi connectivity index (χ0) is 34.1. The van der Waals surface area contributed by atoms with Crippen molar-refractivity contribution in [1.82, 2.24) is 19.6 Å². The number of ether oxygens (including phenoxy) is 2. The van der Waals surface area contributed by atoms with Gasteiger partial charge < -0.3 is 19.0 Å². The molecule has 10 nitrogen and oxygen atoms in total. The van der Waals surface area contributed by atoms with Crippen LogP contribution in [0.4, 0.5) is 5.13 Å². The molecule has 1 unspecified atom stereocenters. The molecule has 1 aliphatic rings. The van der Waals surface area contributed by atoms with Gasteiger partial charge >= 0.3 is 5.91 Å². The largest absolute Gasteiger partial charge is 0.505 e. The number of fused-ring (bicyclic) bond motifs is 1. The number of hydrogen-bond acceptors (Lipinski definition) is 10. The molecule has 5 aromatic rings. The number of benzene rings is 2. The number of carbonyl (C=O) groups excluding carboxylic acids is 2. The van der Waals surface area contributed by atoms with E-state index in [1.807, 2.05) is 53.9 Å². The second kappa shape index (κ2) is 14.0. The van der Waals surface area contributed by atoms with Crippen LogP contribution in [0.15, 0.2) is 70.7 Å². The second-order valence-electron chi connectivity index (χ2n) is 11.8. The summed E-state index contributed by atoms with van der Waals surface area (Å²) in [5.41, 5.74) is 3.83. The Labute approximate surface area is 291 Å². The van der Waals surface area contributed by atoms with Gasteiger partial charge in [-0.1, -0.05) is 72.8 Å². The van der Waals surface area contributed by atoms with E-state index in [4.69, 9.17) is 26.1 Å². The molecule has 0 aliphatic carbocycles. The molecule has 13 heteroatoms. The minimum Gasteiger partial charge on any atom is -0.505 e. The van der Waals surface area contributed by atoms with Crippen molar-refractivity contribution in [3.63, 3.8) is 0 Å². The van der Waals surface area contributed by atoms with E-state index in [1.165, 1.54) is 35.1 Å². The van der Waals surface area contributed by atoms with Crippen molar-refractivity contribution in [2.75, 3.05) is 18.6 Å². The van der Waals surface area contributed by atoms with Gasteiger partial charge in [-0.25, -0.2) is 4.98 Å². The fourth-order valence-corrected chi connectivity index (χ4v) is 7.43. The highest BCUT2D eigenvalue weighted by Gasteiger charge is 2.49. The maximum Gasteiger partial charge on any atom is 0.301 e. The number of aliphatic hydroxyl groups is 1. The number of anilines is 1. The number of aryl methyl sites for hydroxylation is 2. The molecule has 1 saturated heterocycles.